The zero-order chi connectivity index (χ0) is 12.3. The van der Waals surface area contributed by atoms with Crippen LogP contribution in [0.3, 0.4) is 0 Å². The zero-order valence-electron chi connectivity index (χ0n) is 8.32. The molecule has 2 rings (SSSR count). The first-order valence-corrected chi connectivity index (χ1v) is 5.17. The highest BCUT2D eigenvalue weighted by Crippen LogP contribution is 2.34. The van der Waals surface area contributed by atoms with Gasteiger partial charge in [0, 0.05) is 12.4 Å². The number of nitrogens with two attached hydrogens (primary N) is 1. The van der Waals surface area contributed by atoms with Crippen LogP contribution in [-0.2, 0) is 0 Å². The van der Waals surface area contributed by atoms with Gasteiger partial charge in [-0.1, -0.05) is 0 Å². The molecular weight excluding hydrogens is 246 g/mol. The van der Waals surface area contributed by atoms with E-state index in [9.17, 15) is 10.1 Å². The topological polar surface area (TPSA) is 136 Å². The summed E-state index contributed by atoms with van der Waals surface area (Å²) >= 11 is 1.02. The molecule has 2 heterocycles. The van der Waals surface area contributed by atoms with Crippen molar-refractivity contribution in [3.05, 3.63) is 28.8 Å². The van der Waals surface area contributed by atoms with Gasteiger partial charge >= 0.3 is 5.69 Å². The maximum Gasteiger partial charge on any atom is 0.345 e. The van der Waals surface area contributed by atoms with E-state index in [1.807, 2.05) is 0 Å². The van der Waals surface area contributed by atoms with Gasteiger partial charge in [0.2, 0.25) is 5.82 Å². The molecule has 2 aromatic rings. The Balaban J connectivity index is 2.42. The number of nitrogen functional groups attached to an aromatic ring is 1. The molecule has 0 aliphatic rings. The fraction of sp³-hybridized carbons (Fsp3) is 0. The van der Waals surface area contributed by atoms with Gasteiger partial charge in [-0.25, -0.2) is 20.8 Å². The Bertz CT molecular complexity index is 529. The Kier molecular flexibility index (Phi) is 3.16. The number of nitrogens with one attached hydrogen (secondary N) is 2. The molecule has 0 amide bonds. The number of nitrogens with zero attached hydrogens (tertiary/aromatic N) is 4. The molecule has 0 aliphatic heterocycles. The fourth-order valence-electron chi connectivity index (χ4n) is 1.11. The first-order valence-electron chi connectivity index (χ1n) is 4.35. The Morgan fingerprint density at radius 2 is 2.29 bits per heavy atom. The molecule has 4 N–H and O–H groups in total. The lowest BCUT2D eigenvalue weighted by Crippen LogP contribution is -2.12. The van der Waals surface area contributed by atoms with Crippen LogP contribution in [0.1, 0.15) is 0 Å². The van der Waals surface area contributed by atoms with Crippen LogP contribution in [-0.4, -0.2) is 24.9 Å². The van der Waals surface area contributed by atoms with Gasteiger partial charge in [0.1, 0.15) is 6.33 Å². The summed E-state index contributed by atoms with van der Waals surface area (Å²) < 4.78 is 0. The third-order valence-corrected chi connectivity index (χ3v) is 2.68. The number of imidazole rings is 1. The second-order valence-corrected chi connectivity index (χ2v) is 3.75. The Morgan fingerprint density at radius 1 is 1.47 bits per heavy atom. The van der Waals surface area contributed by atoms with E-state index in [0.717, 1.165) is 11.8 Å². The number of hydrazine groups is 1. The number of nitro groups is 1. The molecular formula is C7H7N7O2S. The molecule has 0 bridgehead atoms. The van der Waals surface area contributed by atoms with Crippen LogP contribution in [0.4, 0.5) is 11.5 Å². The minimum absolute atomic E-state index is 0.0425. The third-order valence-electron chi connectivity index (χ3n) is 1.77. The number of rotatable bonds is 4. The van der Waals surface area contributed by atoms with E-state index in [4.69, 9.17) is 5.84 Å². The van der Waals surface area contributed by atoms with Crippen LogP contribution in [0.15, 0.2) is 28.9 Å². The van der Waals surface area contributed by atoms with E-state index in [1.165, 1.54) is 12.5 Å². The highest BCUT2D eigenvalue weighted by molar-refractivity contribution is 7.99. The number of hydrogen-bond acceptors (Lipinski definition) is 8. The van der Waals surface area contributed by atoms with Crippen LogP contribution in [0.25, 0.3) is 0 Å². The average Bonchev–Trinajstić information content (AvgIpc) is 2.81. The lowest BCUT2D eigenvalue weighted by molar-refractivity contribution is -0.387. The van der Waals surface area contributed by atoms with Gasteiger partial charge in [0.15, 0.2) is 10.2 Å². The summed E-state index contributed by atoms with van der Waals surface area (Å²) in [5.74, 6) is 5.11. The Morgan fingerprint density at radius 3 is 2.88 bits per heavy atom. The maximum absolute atomic E-state index is 10.9. The lowest BCUT2D eigenvalue weighted by atomic mass is 10.5. The fourth-order valence-corrected chi connectivity index (χ4v) is 1.90. The molecule has 0 spiro atoms. The number of hydrogen-bond donors (Lipinski definition) is 3. The van der Waals surface area contributed by atoms with Crippen LogP contribution in [0.5, 0.6) is 0 Å². The predicted molar refractivity (Wildman–Crippen MR) is 59.2 cm³/mol. The van der Waals surface area contributed by atoms with Crippen LogP contribution < -0.4 is 11.3 Å². The summed E-state index contributed by atoms with van der Waals surface area (Å²) in [4.78, 5) is 24.6. The zero-order valence-corrected chi connectivity index (χ0v) is 9.14. The van der Waals surface area contributed by atoms with Gasteiger partial charge < -0.3 is 10.4 Å². The van der Waals surface area contributed by atoms with Crippen molar-refractivity contribution in [3.8, 4) is 0 Å². The van der Waals surface area contributed by atoms with Gasteiger partial charge in [-0.3, -0.25) is 10.1 Å². The minimum Gasteiger partial charge on any atom is -0.339 e. The molecule has 88 valence electrons. The van der Waals surface area contributed by atoms with Crippen molar-refractivity contribution in [1.82, 2.24) is 19.9 Å². The number of anilines is 1. The minimum atomic E-state index is -0.597. The van der Waals surface area contributed by atoms with Gasteiger partial charge in [-0.15, -0.1) is 0 Å². The van der Waals surface area contributed by atoms with E-state index in [2.05, 4.69) is 25.4 Å². The van der Waals surface area contributed by atoms with E-state index in [-0.39, 0.29) is 16.5 Å². The number of aromatic nitrogens is 4. The van der Waals surface area contributed by atoms with E-state index < -0.39 is 4.92 Å². The van der Waals surface area contributed by atoms with Crippen molar-refractivity contribution < 1.29 is 4.92 Å². The first-order chi connectivity index (χ1) is 8.22. The summed E-state index contributed by atoms with van der Waals surface area (Å²) in [6, 6.07) is 0. The van der Waals surface area contributed by atoms with Crippen molar-refractivity contribution in [2.24, 2.45) is 5.84 Å². The van der Waals surface area contributed by atoms with Gasteiger partial charge in [0.05, 0.1) is 4.92 Å². The molecule has 17 heavy (non-hydrogen) atoms. The largest absolute Gasteiger partial charge is 0.345 e. The molecule has 0 aliphatic carbocycles. The van der Waals surface area contributed by atoms with Crippen molar-refractivity contribution in [2.45, 2.75) is 10.2 Å². The molecule has 2 aromatic heterocycles. The SMILES string of the molecule is NNc1ncnc(Sc2ncc[nH]2)c1[N+](=O)[O-]. The molecule has 0 atom stereocenters. The quantitative estimate of drug-likeness (QED) is 0.311. The van der Waals surface area contributed by atoms with Crippen LogP contribution in [0.2, 0.25) is 0 Å². The molecule has 0 fully saturated rings. The van der Waals surface area contributed by atoms with E-state index in [0.29, 0.717) is 5.16 Å². The van der Waals surface area contributed by atoms with Crippen molar-refractivity contribution >= 4 is 23.3 Å². The van der Waals surface area contributed by atoms with Gasteiger partial charge in [0.25, 0.3) is 0 Å². The summed E-state index contributed by atoms with van der Waals surface area (Å²) in [6.45, 7) is 0. The molecule has 0 aromatic carbocycles. The molecule has 0 saturated heterocycles. The average molecular weight is 253 g/mol. The van der Waals surface area contributed by atoms with E-state index >= 15 is 0 Å². The highest BCUT2D eigenvalue weighted by Gasteiger charge is 2.23. The highest BCUT2D eigenvalue weighted by atomic mass is 32.2. The second-order valence-electron chi connectivity index (χ2n) is 2.77. The molecule has 0 unspecified atom stereocenters. The van der Waals surface area contributed by atoms with Crippen molar-refractivity contribution in [1.29, 1.82) is 0 Å². The molecule has 9 nitrogen and oxygen atoms in total. The van der Waals surface area contributed by atoms with E-state index in [1.54, 1.807) is 6.20 Å². The monoisotopic (exact) mass is 253 g/mol. The molecule has 0 saturated carbocycles. The summed E-state index contributed by atoms with van der Waals surface area (Å²) in [7, 11) is 0. The van der Waals surface area contributed by atoms with Gasteiger partial charge in [-0.2, -0.15) is 0 Å². The van der Waals surface area contributed by atoms with Crippen molar-refractivity contribution in [3.63, 3.8) is 0 Å². The number of aromatic amines is 1. The number of H-pyrrole nitrogens is 1. The summed E-state index contributed by atoms with van der Waals surface area (Å²) in [5.41, 5.74) is 1.88. The Labute approximate surface area is 99.0 Å². The predicted octanol–water partition coefficient (Wildman–Crippen LogP) is 0.545. The molecule has 10 heteroatoms. The summed E-state index contributed by atoms with van der Waals surface area (Å²) in [6.07, 6.45) is 4.34. The molecule has 0 radical (unpaired) electrons. The van der Waals surface area contributed by atoms with Crippen LogP contribution in [0, 0.1) is 10.1 Å². The second kappa shape index (κ2) is 4.76. The summed E-state index contributed by atoms with van der Waals surface area (Å²) in [5, 5.41) is 11.6. The standard InChI is InChI=1S/C7H7N7O2S/c8-13-5-4(14(15)16)6(12-3-11-5)17-7-9-1-2-10-7/h1-3H,8H2,(H,9,10)(H,11,12,13). The normalized spacial score (nSPS) is 10.2. The first kappa shape index (κ1) is 11.3. The Hall–Kier alpha value is -2.20. The van der Waals surface area contributed by atoms with Crippen LogP contribution >= 0.6 is 11.8 Å². The maximum atomic E-state index is 10.9. The van der Waals surface area contributed by atoms with Gasteiger partial charge in [-0.05, 0) is 11.8 Å². The third kappa shape index (κ3) is 2.32. The lowest BCUT2D eigenvalue weighted by Gasteiger charge is -2.03. The smallest absolute Gasteiger partial charge is 0.339 e. The van der Waals surface area contributed by atoms with Crippen molar-refractivity contribution in [2.75, 3.05) is 5.43 Å².